The van der Waals surface area contributed by atoms with E-state index in [2.05, 4.69) is 14.8 Å². The summed E-state index contributed by atoms with van der Waals surface area (Å²) in [6.07, 6.45) is -1.54. The van der Waals surface area contributed by atoms with Crippen LogP contribution >= 0.6 is 0 Å². The Labute approximate surface area is 122 Å². The van der Waals surface area contributed by atoms with Crippen LogP contribution in [0.3, 0.4) is 0 Å². The van der Waals surface area contributed by atoms with Crippen molar-refractivity contribution in [1.29, 1.82) is 0 Å². The third kappa shape index (κ3) is 4.33. The van der Waals surface area contributed by atoms with Crippen molar-refractivity contribution in [2.75, 3.05) is 0 Å². The lowest BCUT2D eigenvalue weighted by Crippen LogP contribution is -2.17. The van der Waals surface area contributed by atoms with Crippen LogP contribution in [0.15, 0.2) is 30.6 Å². The number of carboxylic acid groups (broad SMARTS) is 1. The molecule has 1 aromatic heterocycles. The number of aliphatic carboxylic acids is 1. The SMILES string of the molecule is Cc1cc(OC(F)(F)F)cc(-c2ncn(/C=C\C(=O)O)n2)c1. The van der Waals surface area contributed by atoms with Crippen molar-refractivity contribution in [3.63, 3.8) is 0 Å². The van der Waals surface area contributed by atoms with Gasteiger partial charge in [0.2, 0.25) is 0 Å². The van der Waals surface area contributed by atoms with E-state index in [-0.39, 0.29) is 11.6 Å². The van der Waals surface area contributed by atoms with E-state index < -0.39 is 12.3 Å². The van der Waals surface area contributed by atoms with E-state index in [4.69, 9.17) is 5.11 Å². The Bertz CT molecular complexity index is 723. The highest BCUT2D eigenvalue weighted by Crippen LogP contribution is 2.28. The second-order valence-electron chi connectivity index (χ2n) is 4.28. The molecule has 0 saturated carbocycles. The van der Waals surface area contributed by atoms with Gasteiger partial charge in [0.15, 0.2) is 5.82 Å². The van der Waals surface area contributed by atoms with E-state index >= 15 is 0 Å². The summed E-state index contributed by atoms with van der Waals surface area (Å²) in [5.41, 5.74) is 0.857. The molecule has 9 heteroatoms. The third-order valence-electron chi connectivity index (χ3n) is 2.42. The fourth-order valence-electron chi connectivity index (χ4n) is 1.69. The molecular weight excluding hydrogens is 303 g/mol. The molecule has 2 aromatic rings. The maximum absolute atomic E-state index is 12.3. The Balaban J connectivity index is 2.31. The summed E-state index contributed by atoms with van der Waals surface area (Å²) in [4.78, 5) is 14.3. The summed E-state index contributed by atoms with van der Waals surface area (Å²) in [6.45, 7) is 1.61. The highest BCUT2D eigenvalue weighted by atomic mass is 19.4. The van der Waals surface area contributed by atoms with Crippen molar-refractivity contribution in [3.8, 4) is 17.1 Å². The molecule has 0 saturated heterocycles. The summed E-state index contributed by atoms with van der Waals surface area (Å²) in [5, 5.41) is 12.5. The molecule has 0 aliphatic rings. The van der Waals surface area contributed by atoms with Gasteiger partial charge < -0.3 is 9.84 Å². The lowest BCUT2D eigenvalue weighted by atomic mass is 10.1. The molecular formula is C13H10F3N3O3. The molecule has 2 rings (SSSR count). The number of nitrogens with zero attached hydrogens (tertiary/aromatic N) is 3. The molecule has 0 aliphatic carbocycles. The zero-order chi connectivity index (χ0) is 16.3. The fraction of sp³-hybridized carbons (Fsp3) is 0.154. The summed E-state index contributed by atoms with van der Waals surface area (Å²) < 4.78 is 41.8. The normalized spacial score (nSPS) is 11.8. The largest absolute Gasteiger partial charge is 0.573 e. The van der Waals surface area contributed by atoms with Gasteiger partial charge in [0.25, 0.3) is 0 Å². The number of carbonyl (C=O) groups is 1. The van der Waals surface area contributed by atoms with Crippen molar-refractivity contribution in [2.45, 2.75) is 13.3 Å². The highest BCUT2D eigenvalue weighted by Gasteiger charge is 2.31. The predicted octanol–water partition coefficient (Wildman–Crippen LogP) is 2.71. The van der Waals surface area contributed by atoms with Crippen LogP contribution < -0.4 is 4.74 Å². The van der Waals surface area contributed by atoms with E-state index in [0.29, 0.717) is 11.1 Å². The Hall–Kier alpha value is -2.84. The minimum absolute atomic E-state index is 0.144. The van der Waals surface area contributed by atoms with E-state index in [0.717, 1.165) is 23.0 Å². The molecule has 6 nitrogen and oxygen atoms in total. The predicted molar refractivity (Wildman–Crippen MR) is 69.8 cm³/mol. The Morgan fingerprint density at radius 1 is 1.36 bits per heavy atom. The number of ether oxygens (including phenoxy) is 1. The van der Waals surface area contributed by atoms with Crippen LogP contribution in [-0.4, -0.2) is 32.2 Å². The molecule has 116 valence electrons. The molecule has 0 fully saturated rings. The monoisotopic (exact) mass is 313 g/mol. The molecule has 0 radical (unpaired) electrons. The number of aromatic nitrogens is 3. The first-order valence-electron chi connectivity index (χ1n) is 5.93. The van der Waals surface area contributed by atoms with Crippen LogP contribution in [0.4, 0.5) is 13.2 Å². The second-order valence-corrected chi connectivity index (χ2v) is 4.28. The van der Waals surface area contributed by atoms with Gasteiger partial charge in [-0.15, -0.1) is 18.3 Å². The van der Waals surface area contributed by atoms with Gasteiger partial charge >= 0.3 is 12.3 Å². The van der Waals surface area contributed by atoms with Crippen molar-refractivity contribution in [3.05, 3.63) is 36.2 Å². The lowest BCUT2D eigenvalue weighted by molar-refractivity contribution is -0.274. The standard InChI is InChI=1S/C13H10F3N3O3/c1-8-4-9(6-10(5-8)22-13(14,15)16)12-17-7-19(18-12)3-2-11(20)21/h2-7H,1H3,(H,20,21)/b3-2-. The maximum atomic E-state index is 12.3. The second kappa shape index (κ2) is 5.88. The molecule has 0 spiro atoms. The van der Waals surface area contributed by atoms with Gasteiger partial charge in [0.05, 0.1) is 0 Å². The van der Waals surface area contributed by atoms with Gasteiger partial charge in [-0.2, -0.15) is 0 Å². The molecule has 0 aliphatic heterocycles. The van der Waals surface area contributed by atoms with Gasteiger partial charge in [-0.25, -0.2) is 14.5 Å². The number of halogens is 3. The van der Waals surface area contributed by atoms with Crippen LogP contribution in [0.5, 0.6) is 5.75 Å². The van der Waals surface area contributed by atoms with Crippen molar-refractivity contribution >= 4 is 12.2 Å². The first-order chi connectivity index (χ1) is 10.2. The lowest BCUT2D eigenvalue weighted by Gasteiger charge is -2.10. The number of hydrogen-bond donors (Lipinski definition) is 1. The number of rotatable bonds is 4. The smallest absolute Gasteiger partial charge is 0.478 e. The third-order valence-corrected chi connectivity index (χ3v) is 2.42. The number of benzene rings is 1. The van der Waals surface area contributed by atoms with Crippen LogP contribution in [0, 0.1) is 6.92 Å². The zero-order valence-corrected chi connectivity index (χ0v) is 11.2. The Morgan fingerprint density at radius 2 is 2.09 bits per heavy atom. The van der Waals surface area contributed by atoms with Crippen molar-refractivity contribution in [1.82, 2.24) is 14.8 Å². The van der Waals surface area contributed by atoms with Gasteiger partial charge in [0, 0.05) is 17.8 Å². The molecule has 0 bridgehead atoms. The fourth-order valence-corrected chi connectivity index (χ4v) is 1.69. The van der Waals surface area contributed by atoms with Gasteiger partial charge in [0.1, 0.15) is 12.1 Å². The topological polar surface area (TPSA) is 77.2 Å². The minimum atomic E-state index is -4.79. The molecule has 0 unspecified atom stereocenters. The average Bonchev–Trinajstić information content (AvgIpc) is 2.82. The van der Waals surface area contributed by atoms with Gasteiger partial charge in [-0.05, 0) is 30.7 Å². The highest BCUT2D eigenvalue weighted by molar-refractivity contribution is 5.82. The van der Waals surface area contributed by atoms with E-state index in [1.807, 2.05) is 0 Å². The van der Waals surface area contributed by atoms with Crippen molar-refractivity contribution in [2.24, 2.45) is 0 Å². The first kappa shape index (κ1) is 15.5. The summed E-state index contributed by atoms with van der Waals surface area (Å²) >= 11 is 0. The van der Waals surface area contributed by atoms with E-state index in [1.165, 1.54) is 12.4 Å². The van der Waals surface area contributed by atoms with E-state index in [1.54, 1.807) is 13.0 Å². The van der Waals surface area contributed by atoms with E-state index in [9.17, 15) is 18.0 Å². The number of aryl methyl sites for hydroxylation is 1. The number of alkyl halides is 3. The minimum Gasteiger partial charge on any atom is -0.478 e. The average molecular weight is 313 g/mol. The Morgan fingerprint density at radius 3 is 2.73 bits per heavy atom. The quantitative estimate of drug-likeness (QED) is 0.878. The number of hydrogen-bond acceptors (Lipinski definition) is 4. The van der Waals surface area contributed by atoms with Gasteiger partial charge in [-0.3, -0.25) is 0 Å². The molecule has 0 amide bonds. The van der Waals surface area contributed by atoms with Crippen LogP contribution in [0.1, 0.15) is 5.56 Å². The summed E-state index contributed by atoms with van der Waals surface area (Å²) in [6, 6.07) is 3.98. The van der Waals surface area contributed by atoms with Crippen LogP contribution in [0.2, 0.25) is 0 Å². The maximum Gasteiger partial charge on any atom is 0.573 e. The van der Waals surface area contributed by atoms with Crippen LogP contribution in [0.25, 0.3) is 17.6 Å². The molecule has 0 atom stereocenters. The summed E-state index contributed by atoms with van der Waals surface area (Å²) in [7, 11) is 0. The molecule has 1 heterocycles. The molecule has 1 aromatic carbocycles. The van der Waals surface area contributed by atoms with Crippen molar-refractivity contribution < 1.29 is 27.8 Å². The van der Waals surface area contributed by atoms with Gasteiger partial charge in [-0.1, -0.05) is 0 Å². The molecule has 22 heavy (non-hydrogen) atoms. The Kier molecular flexibility index (Phi) is 4.15. The zero-order valence-electron chi connectivity index (χ0n) is 11.2. The number of carboxylic acids is 1. The van der Waals surface area contributed by atoms with Crippen LogP contribution in [-0.2, 0) is 4.79 Å². The summed E-state index contributed by atoms with van der Waals surface area (Å²) in [5.74, 6) is -1.39. The molecule has 1 N–H and O–H groups in total. The first-order valence-corrected chi connectivity index (χ1v) is 5.93.